The number of aromatic nitrogens is 4. The van der Waals surface area contributed by atoms with E-state index in [0.29, 0.717) is 34.2 Å². The molecule has 4 heterocycles. The molecule has 0 aliphatic rings. The first kappa shape index (κ1) is 30.4. The number of nitrogens with zero attached hydrogens (tertiary/aromatic N) is 7. The molecule has 8 heteroatoms. The van der Waals surface area contributed by atoms with Crippen molar-refractivity contribution in [3.8, 4) is 22.3 Å². The average Bonchev–Trinajstić information content (AvgIpc) is 3.10. The first-order valence-electron chi connectivity index (χ1n) is 14.5. The summed E-state index contributed by atoms with van der Waals surface area (Å²) < 4.78 is 0. The van der Waals surface area contributed by atoms with Gasteiger partial charge in [0, 0.05) is 17.5 Å². The molecule has 3 aromatic carbocycles. The van der Waals surface area contributed by atoms with Crippen LogP contribution in [0.4, 0.5) is 29.0 Å². The van der Waals surface area contributed by atoms with Gasteiger partial charge in [0.15, 0.2) is 0 Å². The van der Waals surface area contributed by atoms with Crippen LogP contribution in [0.3, 0.4) is 0 Å². The van der Waals surface area contributed by atoms with Crippen LogP contribution in [0.1, 0.15) is 0 Å². The Morgan fingerprint density at radius 3 is 1.80 bits per heavy atom. The summed E-state index contributed by atoms with van der Waals surface area (Å²) in [6.45, 7) is 0. The van der Waals surface area contributed by atoms with Crippen molar-refractivity contribution in [3.63, 3.8) is 0 Å². The molecule has 224 valence electrons. The molecule has 0 aliphatic heterocycles. The largest absolute Gasteiger partial charge is 2.00 e. The van der Waals surface area contributed by atoms with E-state index in [1.807, 2.05) is 120 Å². The first-order chi connectivity index (χ1) is 22.3. The van der Waals surface area contributed by atoms with E-state index in [4.69, 9.17) is 20.0 Å². The minimum absolute atomic E-state index is 0. The summed E-state index contributed by atoms with van der Waals surface area (Å²) in [7, 11) is 0. The fourth-order valence-electron chi connectivity index (χ4n) is 4.98. The maximum Gasteiger partial charge on any atom is 2.00 e. The van der Waals surface area contributed by atoms with Crippen molar-refractivity contribution in [3.05, 3.63) is 175 Å². The molecule has 0 unspecified atom stereocenters. The molecule has 0 saturated heterocycles. The van der Waals surface area contributed by atoms with Crippen molar-refractivity contribution in [2.24, 2.45) is 9.98 Å². The van der Waals surface area contributed by atoms with Crippen molar-refractivity contribution in [2.75, 3.05) is 4.90 Å². The Morgan fingerprint density at radius 1 is 0.522 bits per heavy atom. The monoisotopic (exact) mass is 776 g/mol. The summed E-state index contributed by atoms with van der Waals surface area (Å²) in [4.78, 5) is 30.6. The number of para-hydroxylation sites is 1. The van der Waals surface area contributed by atoms with Crippen molar-refractivity contribution in [2.45, 2.75) is 0 Å². The number of hydrogen-bond acceptors (Lipinski definition) is 5. The molecule has 0 N–H and O–H groups in total. The van der Waals surface area contributed by atoms with Gasteiger partial charge in [-0.25, -0.2) is 0 Å². The van der Waals surface area contributed by atoms with Crippen molar-refractivity contribution >= 4 is 29.0 Å². The van der Waals surface area contributed by atoms with E-state index < -0.39 is 0 Å². The molecule has 0 amide bonds. The molecule has 0 aliphatic carbocycles. The molecule has 7 nitrogen and oxygen atoms in total. The second kappa shape index (κ2) is 14.4. The smallest absolute Gasteiger partial charge is 0.443 e. The predicted molar refractivity (Wildman–Crippen MR) is 178 cm³/mol. The Kier molecular flexibility index (Phi) is 9.52. The van der Waals surface area contributed by atoms with Crippen LogP contribution in [-0.4, -0.2) is 9.97 Å². The molecule has 7 rings (SSSR count). The maximum atomic E-state index is 5.06. The maximum absolute atomic E-state index is 5.06. The summed E-state index contributed by atoms with van der Waals surface area (Å²) in [6, 6.07) is 49.9. The standard InChI is InChI=1S/C38H27N7.Pt/c1-4-14-28(15-5-1)30-24-35(41-33-20-10-12-22-39-33)43-37(26-30)45(32-18-8-3-9-19-32)38-27-31(29-16-6-2-7-17-29)25-36(44-38)42-34-21-11-13-23-40-34;/h1-27H;/q-2;+2. The van der Waals surface area contributed by atoms with Crippen LogP contribution in [-0.2, 0) is 21.1 Å². The minimum atomic E-state index is 0. The summed E-state index contributed by atoms with van der Waals surface area (Å²) in [5, 5.41) is 0. The molecular weight excluding hydrogens is 750 g/mol. The Balaban J connectivity index is 0.00000372. The van der Waals surface area contributed by atoms with E-state index in [-0.39, 0.29) is 21.1 Å². The third-order valence-corrected chi connectivity index (χ3v) is 7.04. The minimum Gasteiger partial charge on any atom is -0.443 e. The third-order valence-electron chi connectivity index (χ3n) is 7.04. The number of benzene rings is 3. The zero-order valence-electron chi connectivity index (χ0n) is 24.5. The second-order valence-corrected chi connectivity index (χ2v) is 10.1. The summed E-state index contributed by atoms with van der Waals surface area (Å²) in [5.74, 6) is 2.41. The van der Waals surface area contributed by atoms with Crippen LogP contribution in [0, 0.1) is 0 Å². The van der Waals surface area contributed by atoms with E-state index in [0.717, 1.165) is 27.9 Å². The number of anilines is 3. The van der Waals surface area contributed by atoms with Gasteiger partial charge in [-0.1, -0.05) is 127 Å². The van der Waals surface area contributed by atoms with Crippen LogP contribution in [0.25, 0.3) is 22.3 Å². The Hall–Kier alpha value is -5.65. The van der Waals surface area contributed by atoms with Gasteiger partial charge < -0.3 is 24.9 Å². The number of pyridine rings is 4. The molecule has 4 aromatic heterocycles. The molecule has 0 fully saturated rings. The van der Waals surface area contributed by atoms with Gasteiger partial charge >= 0.3 is 21.1 Å². The quantitative estimate of drug-likeness (QED) is 0.166. The van der Waals surface area contributed by atoms with Gasteiger partial charge in [0.05, 0.1) is 17.5 Å². The van der Waals surface area contributed by atoms with E-state index in [1.165, 1.54) is 0 Å². The van der Waals surface area contributed by atoms with Crippen LogP contribution in [0.15, 0.2) is 174 Å². The summed E-state index contributed by atoms with van der Waals surface area (Å²) >= 11 is 0. The number of hydrogen-bond donors (Lipinski definition) is 0. The Labute approximate surface area is 281 Å². The second-order valence-electron chi connectivity index (χ2n) is 10.1. The van der Waals surface area contributed by atoms with E-state index in [2.05, 4.69) is 46.4 Å². The van der Waals surface area contributed by atoms with Crippen LogP contribution < -0.4 is 25.8 Å². The van der Waals surface area contributed by atoms with Gasteiger partial charge in [0.2, 0.25) is 0 Å². The Morgan fingerprint density at radius 2 is 1.15 bits per heavy atom. The van der Waals surface area contributed by atoms with Gasteiger partial charge in [-0.2, -0.15) is 0 Å². The molecule has 0 radical (unpaired) electrons. The van der Waals surface area contributed by atoms with Crippen LogP contribution >= 0.6 is 0 Å². The SMILES string of the molecule is [Pt+2].c1ccc(-c2cc(N=c3cccc[n-]3)nc(N(c3ccccc3)c3cc(-c4ccccc4)cc(=Nc4ccccn4)[n-]3)c2)cc1. The normalized spacial score (nSPS) is 11.6. The van der Waals surface area contributed by atoms with Crippen LogP contribution in [0.5, 0.6) is 0 Å². The van der Waals surface area contributed by atoms with Crippen molar-refractivity contribution < 1.29 is 21.1 Å². The zero-order chi connectivity index (χ0) is 30.3. The summed E-state index contributed by atoms with van der Waals surface area (Å²) in [6.07, 6.45) is 3.45. The topological polar surface area (TPSA) is 81.9 Å². The average molecular weight is 777 g/mol. The third kappa shape index (κ3) is 7.17. The van der Waals surface area contributed by atoms with Gasteiger partial charge in [-0.3, -0.25) is 9.97 Å². The van der Waals surface area contributed by atoms with E-state index >= 15 is 0 Å². The molecule has 0 saturated carbocycles. The van der Waals surface area contributed by atoms with Crippen molar-refractivity contribution in [1.29, 1.82) is 0 Å². The molecule has 7 aromatic rings. The van der Waals surface area contributed by atoms with E-state index in [9.17, 15) is 0 Å². The zero-order valence-corrected chi connectivity index (χ0v) is 26.8. The van der Waals surface area contributed by atoms with Crippen LogP contribution in [0.2, 0.25) is 0 Å². The Bertz CT molecular complexity index is 2150. The summed E-state index contributed by atoms with van der Waals surface area (Å²) in [5.41, 5.74) is 6.02. The molecule has 0 atom stereocenters. The molecule has 0 spiro atoms. The van der Waals surface area contributed by atoms with E-state index in [1.54, 1.807) is 12.4 Å². The van der Waals surface area contributed by atoms with Crippen molar-refractivity contribution in [1.82, 2.24) is 19.9 Å². The fraction of sp³-hybridized carbons (Fsp3) is 0. The van der Waals surface area contributed by atoms with Gasteiger partial charge in [0.1, 0.15) is 0 Å². The predicted octanol–water partition coefficient (Wildman–Crippen LogP) is 7.66. The molecule has 46 heavy (non-hydrogen) atoms. The molecule has 0 bridgehead atoms. The fourth-order valence-corrected chi connectivity index (χ4v) is 4.98. The van der Waals surface area contributed by atoms with Gasteiger partial charge in [-0.05, 0) is 64.3 Å². The van der Waals surface area contributed by atoms with Gasteiger partial charge in [0.25, 0.3) is 0 Å². The first-order valence-corrected chi connectivity index (χ1v) is 14.5. The number of rotatable bonds is 7. The van der Waals surface area contributed by atoms with Gasteiger partial charge in [-0.15, -0.1) is 0 Å². The molecular formula is C38H27N7Pt.